The van der Waals surface area contributed by atoms with Crippen molar-refractivity contribution in [3.8, 4) is 0 Å². The highest BCUT2D eigenvalue weighted by molar-refractivity contribution is 6.29. The number of fused-ring (bicyclic) bond motifs is 1. The molecule has 0 aliphatic carbocycles. The van der Waals surface area contributed by atoms with Gasteiger partial charge in [0.1, 0.15) is 0 Å². The van der Waals surface area contributed by atoms with Gasteiger partial charge in [0.2, 0.25) is 5.28 Å². The van der Waals surface area contributed by atoms with Crippen LogP contribution in [0.2, 0.25) is 5.28 Å². The SMILES string of the molecule is CC=CCn1c(Cl)nc2c1c(=O)n(C)c(=O)n2C. The van der Waals surface area contributed by atoms with Gasteiger partial charge in [0.15, 0.2) is 11.2 Å². The van der Waals surface area contributed by atoms with Gasteiger partial charge in [-0.2, -0.15) is 4.98 Å². The van der Waals surface area contributed by atoms with E-state index < -0.39 is 11.2 Å². The minimum Gasteiger partial charge on any atom is -0.305 e. The maximum absolute atomic E-state index is 12.1. The maximum Gasteiger partial charge on any atom is 0.332 e. The predicted octanol–water partition coefficient (Wildman–Crippen LogP) is 0.663. The molecule has 0 N–H and O–H groups in total. The topological polar surface area (TPSA) is 61.8 Å². The number of allylic oxidation sites excluding steroid dienone is 2. The summed E-state index contributed by atoms with van der Waals surface area (Å²) in [5.41, 5.74) is -0.169. The van der Waals surface area contributed by atoms with Crippen LogP contribution in [0.3, 0.4) is 0 Å². The fourth-order valence-corrected chi connectivity index (χ4v) is 2.03. The lowest BCUT2D eigenvalue weighted by Gasteiger charge is -2.04. The van der Waals surface area contributed by atoms with Gasteiger partial charge in [0.25, 0.3) is 5.56 Å². The molecule has 0 spiro atoms. The number of hydrogen-bond acceptors (Lipinski definition) is 3. The Labute approximate surface area is 108 Å². The van der Waals surface area contributed by atoms with E-state index in [0.29, 0.717) is 17.7 Å². The smallest absolute Gasteiger partial charge is 0.305 e. The zero-order valence-electron chi connectivity index (χ0n) is 10.3. The standard InChI is InChI=1S/C11H13ClN4O2/c1-4-5-6-16-7-8(13-10(16)12)14(2)11(18)15(3)9(7)17/h4-5H,6H2,1-3H3. The van der Waals surface area contributed by atoms with Crippen molar-refractivity contribution in [2.75, 3.05) is 0 Å². The normalized spacial score (nSPS) is 11.8. The molecule has 2 heterocycles. The van der Waals surface area contributed by atoms with Gasteiger partial charge in [-0.3, -0.25) is 13.9 Å². The van der Waals surface area contributed by atoms with Crippen LogP contribution in [0.25, 0.3) is 11.2 Å². The summed E-state index contributed by atoms with van der Waals surface area (Å²) in [6, 6.07) is 0. The minimum atomic E-state index is -0.417. The highest BCUT2D eigenvalue weighted by Gasteiger charge is 2.16. The van der Waals surface area contributed by atoms with Crippen molar-refractivity contribution in [2.45, 2.75) is 13.5 Å². The lowest BCUT2D eigenvalue weighted by Crippen LogP contribution is -2.37. The largest absolute Gasteiger partial charge is 0.332 e. The van der Waals surface area contributed by atoms with Crippen molar-refractivity contribution in [2.24, 2.45) is 14.1 Å². The fourth-order valence-electron chi connectivity index (χ4n) is 1.80. The van der Waals surface area contributed by atoms with Crippen LogP contribution in [0.4, 0.5) is 0 Å². The number of aromatic nitrogens is 4. The maximum atomic E-state index is 12.1. The van der Waals surface area contributed by atoms with Crippen molar-refractivity contribution in [1.29, 1.82) is 0 Å². The Morgan fingerprint density at radius 2 is 1.94 bits per heavy atom. The summed E-state index contributed by atoms with van der Waals surface area (Å²) in [6.45, 7) is 2.32. The number of aryl methyl sites for hydroxylation is 1. The second kappa shape index (κ2) is 4.45. The van der Waals surface area contributed by atoms with Gasteiger partial charge >= 0.3 is 5.69 Å². The van der Waals surface area contributed by atoms with Crippen molar-refractivity contribution in [3.05, 3.63) is 38.3 Å². The zero-order valence-corrected chi connectivity index (χ0v) is 11.1. The molecule has 0 aliphatic rings. The van der Waals surface area contributed by atoms with Crippen molar-refractivity contribution in [3.63, 3.8) is 0 Å². The van der Waals surface area contributed by atoms with E-state index in [1.807, 2.05) is 19.1 Å². The Bertz CT molecular complexity index is 751. The average molecular weight is 269 g/mol. The molecule has 2 rings (SSSR count). The molecule has 0 amide bonds. The highest BCUT2D eigenvalue weighted by Crippen LogP contribution is 2.15. The Kier molecular flexibility index (Phi) is 3.13. The first kappa shape index (κ1) is 12.6. The molecule has 2 aromatic heterocycles. The van der Waals surface area contributed by atoms with Crippen LogP contribution in [0.1, 0.15) is 6.92 Å². The van der Waals surface area contributed by atoms with Gasteiger partial charge in [-0.1, -0.05) is 12.2 Å². The van der Waals surface area contributed by atoms with E-state index in [0.717, 1.165) is 4.57 Å². The third-order valence-corrected chi connectivity index (χ3v) is 3.11. The first-order valence-electron chi connectivity index (χ1n) is 5.42. The van der Waals surface area contributed by atoms with Crippen LogP contribution in [0.15, 0.2) is 21.7 Å². The second-order valence-corrected chi connectivity index (χ2v) is 4.28. The fraction of sp³-hybridized carbons (Fsp3) is 0.364. The third-order valence-electron chi connectivity index (χ3n) is 2.83. The van der Waals surface area contributed by atoms with Crippen LogP contribution in [-0.2, 0) is 20.6 Å². The molecule has 6 nitrogen and oxygen atoms in total. The molecular formula is C11H13ClN4O2. The molecule has 96 valence electrons. The average Bonchev–Trinajstić information content (AvgIpc) is 2.68. The summed E-state index contributed by atoms with van der Waals surface area (Å²) in [4.78, 5) is 27.9. The summed E-state index contributed by atoms with van der Waals surface area (Å²) in [5.74, 6) is 0. The quantitative estimate of drug-likeness (QED) is 0.594. The number of hydrogen-bond donors (Lipinski definition) is 0. The van der Waals surface area contributed by atoms with Gasteiger partial charge in [-0.15, -0.1) is 0 Å². The Morgan fingerprint density at radius 3 is 2.56 bits per heavy atom. The molecule has 0 saturated carbocycles. The van der Waals surface area contributed by atoms with Crippen molar-refractivity contribution in [1.82, 2.24) is 18.7 Å². The molecule has 18 heavy (non-hydrogen) atoms. The number of imidazole rings is 1. The molecule has 0 unspecified atom stereocenters. The predicted molar refractivity (Wildman–Crippen MR) is 70.0 cm³/mol. The third kappa shape index (κ3) is 1.69. The van der Waals surface area contributed by atoms with E-state index in [1.54, 1.807) is 11.6 Å². The van der Waals surface area contributed by atoms with Crippen LogP contribution in [0.5, 0.6) is 0 Å². The van der Waals surface area contributed by atoms with Crippen molar-refractivity contribution < 1.29 is 0 Å². The van der Waals surface area contributed by atoms with E-state index in [4.69, 9.17) is 11.6 Å². The highest BCUT2D eigenvalue weighted by atomic mass is 35.5. The Morgan fingerprint density at radius 1 is 1.28 bits per heavy atom. The Hall–Kier alpha value is -1.82. The Balaban J connectivity index is 2.94. The molecule has 0 fully saturated rings. The first-order chi connectivity index (χ1) is 8.49. The van der Waals surface area contributed by atoms with E-state index in [9.17, 15) is 9.59 Å². The monoisotopic (exact) mass is 268 g/mol. The summed E-state index contributed by atoms with van der Waals surface area (Å²) >= 11 is 6.01. The van der Waals surface area contributed by atoms with E-state index in [2.05, 4.69) is 4.98 Å². The van der Waals surface area contributed by atoms with E-state index >= 15 is 0 Å². The number of rotatable bonds is 2. The molecule has 0 aromatic carbocycles. The molecule has 0 atom stereocenters. The van der Waals surface area contributed by atoms with Gasteiger partial charge < -0.3 is 4.57 Å². The first-order valence-corrected chi connectivity index (χ1v) is 5.79. The summed E-state index contributed by atoms with van der Waals surface area (Å²) in [7, 11) is 3.00. The molecular weight excluding hydrogens is 256 g/mol. The summed E-state index contributed by atoms with van der Waals surface area (Å²) in [5, 5.41) is 0.196. The number of halogens is 1. The molecule has 0 aliphatic heterocycles. The molecule has 0 radical (unpaired) electrons. The second-order valence-electron chi connectivity index (χ2n) is 3.94. The van der Waals surface area contributed by atoms with E-state index in [-0.39, 0.29) is 5.28 Å². The minimum absolute atomic E-state index is 0.196. The van der Waals surface area contributed by atoms with Crippen LogP contribution < -0.4 is 11.2 Å². The summed E-state index contributed by atoms with van der Waals surface area (Å²) < 4.78 is 3.94. The van der Waals surface area contributed by atoms with Crippen molar-refractivity contribution >= 4 is 22.8 Å². The zero-order chi connectivity index (χ0) is 13.4. The molecule has 0 saturated heterocycles. The van der Waals surface area contributed by atoms with Gasteiger partial charge in [-0.25, -0.2) is 4.79 Å². The molecule has 7 heteroatoms. The van der Waals surface area contributed by atoms with Crippen LogP contribution in [0, 0.1) is 0 Å². The van der Waals surface area contributed by atoms with Crippen LogP contribution >= 0.6 is 11.6 Å². The van der Waals surface area contributed by atoms with E-state index in [1.165, 1.54) is 11.6 Å². The summed E-state index contributed by atoms with van der Waals surface area (Å²) in [6.07, 6.45) is 3.71. The van der Waals surface area contributed by atoms with Gasteiger partial charge in [0, 0.05) is 20.6 Å². The van der Waals surface area contributed by atoms with Crippen LogP contribution in [-0.4, -0.2) is 18.7 Å². The van der Waals surface area contributed by atoms with Gasteiger partial charge in [0.05, 0.1) is 0 Å². The number of nitrogens with zero attached hydrogens (tertiary/aromatic N) is 4. The van der Waals surface area contributed by atoms with Gasteiger partial charge in [-0.05, 0) is 18.5 Å². The molecule has 0 bridgehead atoms. The molecule has 2 aromatic rings. The lowest BCUT2D eigenvalue weighted by molar-refractivity contribution is 0.703. The lowest BCUT2D eigenvalue weighted by atomic mass is 10.4.